The number of halogens is 5. The van der Waals surface area contributed by atoms with E-state index in [4.69, 9.17) is 5.73 Å². The van der Waals surface area contributed by atoms with Crippen LogP contribution in [0.25, 0.3) is 0 Å². The van der Waals surface area contributed by atoms with Crippen LogP contribution in [0.5, 0.6) is 5.75 Å². The van der Waals surface area contributed by atoms with Gasteiger partial charge in [-0.25, -0.2) is 8.78 Å². The Morgan fingerprint density at radius 3 is 2.57 bits per heavy atom. The summed E-state index contributed by atoms with van der Waals surface area (Å²) in [4.78, 5) is 5.20. The number of nitrogens with two attached hydrogens (primary N) is 1. The molecule has 10 heteroatoms. The maximum atomic E-state index is 14.4. The van der Waals surface area contributed by atoms with E-state index >= 15 is 0 Å². The van der Waals surface area contributed by atoms with Gasteiger partial charge in [0.25, 0.3) is 0 Å². The molecule has 1 aromatic heterocycles. The lowest BCUT2D eigenvalue weighted by Crippen LogP contribution is -2.34. The first-order valence-electron chi connectivity index (χ1n) is 7.95. The second kappa shape index (κ2) is 7.37. The SMILES string of the molecule is NC1=C(O)N([C@@H](c2ccc(OC(F)(F)F)c(F)c2)c2ncccc2F)CC=C1. The van der Waals surface area contributed by atoms with Gasteiger partial charge in [-0.05, 0) is 35.9 Å². The van der Waals surface area contributed by atoms with E-state index in [0.29, 0.717) is 0 Å². The van der Waals surface area contributed by atoms with Crippen LogP contribution in [0.1, 0.15) is 17.3 Å². The first-order chi connectivity index (χ1) is 13.2. The molecule has 5 nitrogen and oxygen atoms in total. The Labute approximate surface area is 156 Å². The van der Waals surface area contributed by atoms with Gasteiger partial charge in [0.1, 0.15) is 17.6 Å². The van der Waals surface area contributed by atoms with Crippen LogP contribution in [0.2, 0.25) is 0 Å². The third-order valence-electron chi connectivity index (χ3n) is 3.98. The Morgan fingerprint density at radius 1 is 1.18 bits per heavy atom. The van der Waals surface area contributed by atoms with Crippen LogP contribution >= 0.6 is 0 Å². The molecule has 0 aliphatic carbocycles. The van der Waals surface area contributed by atoms with Crippen LogP contribution in [0.15, 0.2) is 60.3 Å². The van der Waals surface area contributed by atoms with Gasteiger partial charge in [0.2, 0.25) is 5.88 Å². The molecule has 0 unspecified atom stereocenters. The smallest absolute Gasteiger partial charge is 0.493 e. The summed E-state index contributed by atoms with van der Waals surface area (Å²) in [5.74, 6) is -3.48. The molecule has 0 radical (unpaired) electrons. The third kappa shape index (κ3) is 4.00. The average Bonchev–Trinajstić information content (AvgIpc) is 2.61. The summed E-state index contributed by atoms with van der Waals surface area (Å²) >= 11 is 0. The van der Waals surface area contributed by atoms with Crippen molar-refractivity contribution in [2.75, 3.05) is 6.54 Å². The van der Waals surface area contributed by atoms with Gasteiger partial charge in [-0.3, -0.25) is 4.98 Å². The number of ether oxygens (including phenoxy) is 1. The van der Waals surface area contributed by atoms with E-state index in [1.54, 1.807) is 6.08 Å². The van der Waals surface area contributed by atoms with Crippen LogP contribution in [-0.2, 0) is 0 Å². The van der Waals surface area contributed by atoms with Gasteiger partial charge in [-0.15, -0.1) is 13.2 Å². The number of alkyl halides is 3. The molecule has 2 aromatic rings. The summed E-state index contributed by atoms with van der Waals surface area (Å²) in [6, 6.07) is 3.98. The molecule has 1 atom stereocenters. The lowest BCUT2D eigenvalue weighted by Gasteiger charge is -2.34. The molecule has 0 bridgehead atoms. The topological polar surface area (TPSA) is 71.6 Å². The second-order valence-electron chi connectivity index (χ2n) is 5.84. The highest BCUT2D eigenvalue weighted by molar-refractivity contribution is 5.37. The highest BCUT2D eigenvalue weighted by Crippen LogP contribution is 2.35. The standard InChI is InChI=1S/C18H14F5N3O2/c19-11-3-1-7-25-15(11)16(26-8-2-4-13(24)17(26)27)10-5-6-14(12(20)9-10)28-18(21,22)23/h1-7,9,16,27H,8,24H2/t16-/m0/s1. The first kappa shape index (κ1) is 19.5. The molecular formula is C18H14F5N3O2. The molecule has 1 aromatic carbocycles. The first-order valence-corrected chi connectivity index (χ1v) is 7.95. The summed E-state index contributed by atoms with van der Waals surface area (Å²) in [6.45, 7) is 0.0790. The molecule has 1 aliphatic heterocycles. The van der Waals surface area contributed by atoms with Crippen LogP contribution in [0.4, 0.5) is 22.0 Å². The number of rotatable bonds is 4. The Bertz CT molecular complexity index is 943. The van der Waals surface area contributed by atoms with Gasteiger partial charge in [0, 0.05) is 12.7 Å². The molecule has 28 heavy (non-hydrogen) atoms. The van der Waals surface area contributed by atoms with Crippen molar-refractivity contribution < 1.29 is 31.8 Å². The number of hydrogen-bond acceptors (Lipinski definition) is 5. The summed E-state index contributed by atoms with van der Waals surface area (Å²) in [5, 5.41) is 10.3. The molecule has 0 amide bonds. The molecular weight excluding hydrogens is 385 g/mol. The fraction of sp³-hybridized carbons (Fsp3) is 0.167. The van der Waals surface area contributed by atoms with E-state index in [9.17, 15) is 27.1 Å². The van der Waals surface area contributed by atoms with Crippen molar-refractivity contribution >= 4 is 0 Å². The normalized spacial score (nSPS) is 15.7. The zero-order valence-electron chi connectivity index (χ0n) is 14.1. The maximum absolute atomic E-state index is 14.4. The van der Waals surface area contributed by atoms with Crippen molar-refractivity contribution in [2.24, 2.45) is 5.73 Å². The summed E-state index contributed by atoms with van der Waals surface area (Å²) in [7, 11) is 0. The highest BCUT2D eigenvalue weighted by Gasteiger charge is 2.34. The predicted octanol–water partition coefficient (Wildman–Crippen LogP) is 3.91. The minimum atomic E-state index is -5.07. The number of pyridine rings is 1. The Morgan fingerprint density at radius 2 is 1.93 bits per heavy atom. The van der Waals surface area contributed by atoms with Gasteiger partial charge in [-0.1, -0.05) is 12.1 Å². The van der Waals surface area contributed by atoms with Crippen molar-refractivity contribution in [3.8, 4) is 5.75 Å². The Balaban J connectivity index is 2.09. The third-order valence-corrected chi connectivity index (χ3v) is 3.98. The van der Waals surface area contributed by atoms with Crippen LogP contribution in [0.3, 0.4) is 0 Å². The molecule has 2 heterocycles. The van der Waals surface area contributed by atoms with Crippen molar-refractivity contribution in [3.05, 3.63) is 83.2 Å². The number of hydrogen-bond donors (Lipinski definition) is 2. The molecule has 1 aliphatic rings. The quantitative estimate of drug-likeness (QED) is 0.763. The Kier molecular flexibility index (Phi) is 5.12. The van der Waals surface area contributed by atoms with Gasteiger partial charge in [0.15, 0.2) is 11.6 Å². The van der Waals surface area contributed by atoms with Crippen molar-refractivity contribution in [1.82, 2.24) is 9.88 Å². The lowest BCUT2D eigenvalue weighted by molar-refractivity contribution is -0.275. The monoisotopic (exact) mass is 399 g/mol. The van der Waals surface area contributed by atoms with Gasteiger partial charge in [0.05, 0.1) is 5.70 Å². The maximum Gasteiger partial charge on any atom is 0.573 e. The summed E-state index contributed by atoms with van der Waals surface area (Å²) < 4.78 is 69.3. The average molecular weight is 399 g/mol. The van der Waals surface area contributed by atoms with Crippen LogP contribution in [-0.4, -0.2) is 27.9 Å². The molecule has 0 saturated heterocycles. The summed E-state index contributed by atoms with van der Waals surface area (Å²) in [6.07, 6.45) is -0.742. The zero-order valence-corrected chi connectivity index (χ0v) is 14.1. The van der Waals surface area contributed by atoms with E-state index in [0.717, 1.165) is 24.3 Å². The molecule has 0 fully saturated rings. The largest absolute Gasteiger partial charge is 0.573 e. The van der Waals surface area contributed by atoms with E-state index in [1.165, 1.54) is 23.2 Å². The van der Waals surface area contributed by atoms with Crippen LogP contribution < -0.4 is 10.5 Å². The molecule has 3 N–H and O–H groups in total. The number of aliphatic hydroxyl groups is 1. The number of aromatic nitrogens is 1. The van der Waals surface area contributed by atoms with Crippen molar-refractivity contribution in [1.29, 1.82) is 0 Å². The predicted molar refractivity (Wildman–Crippen MR) is 88.8 cm³/mol. The van der Waals surface area contributed by atoms with Crippen LogP contribution in [0, 0.1) is 11.6 Å². The fourth-order valence-electron chi connectivity index (χ4n) is 2.83. The second-order valence-corrected chi connectivity index (χ2v) is 5.84. The minimum absolute atomic E-state index is 0.00918. The van der Waals surface area contributed by atoms with Gasteiger partial charge in [-0.2, -0.15) is 0 Å². The Hall–Kier alpha value is -3.30. The number of aliphatic hydroxyl groups excluding tert-OH is 1. The van der Waals surface area contributed by atoms with E-state index in [2.05, 4.69) is 9.72 Å². The van der Waals surface area contributed by atoms with E-state index in [1.807, 2.05) is 0 Å². The summed E-state index contributed by atoms with van der Waals surface area (Å²) in [5.41, 5.74) is 5.56. The molecule has 0 spiro atoms. The van der Waals surface area contributed by atoms with E-state index in [-0.39, 0.29) is 23.5 Å². The van der Waals surface area contributed by atoms with Gasteiger partial charge >= 0.3 is 6.36 Å². The van der Waals surface area contributed by atoms with E-state index < -0.39 is 35.7 Å². The number of benzene rings is 1. The minimum Gasteiger partial charge on any atom is -0.493 e. The fourth-order valence-corrected chi connectivity index (χ4v) is 2.83. The van der Waals surface area contributed by atoms with Gasteiger partial charge < -0.3 is 20.5 Å². The van der Waals surface area contributed by atoms with Crippen molar-refractivity contribution in [2.45, 2.75) is 12.4 Å². The molecule has 0 saturated carbocycles. The number of nitrogens with zero attached hydrogens (tertiary/aromatic N) is 2. The zero-order chi connectivity index (χ0) is 20.5. The molecule has 3 rings (SSSR count). The number of allylic oxidation sites excluding steroid dienone is 1. The lowest BCUT2D eigenvalue weighted by atomic mass is 9.99. The highest BCUT2D eigenvalue weighted by atomic mass is 19.4. The van der Waals surface area contributed by atoms with Crippen molar-refractivity contribution in [3.63, 3.8) is 0 Å². The molecule has 148 valence electrons.